The summed E-state index contributed by atoms with van der Waals surface area (Å²) in [5, 5.41) is 3.22. The molecule has 9 heavy (non-hydrogen) atoms. The molecule has 0 aliphatic rings. The van der Waals surface area contributed by atoms with Crippen LogP contribution in [0.4, 0.5) is 0 Å². The van der Waals surface area contributed by atoms with Gasteiger partial charge in [-0.15, -0.1) is 5.73 Å². The van der Waals surface area contributed by atoms with Crippen molar-refractivity contribution in [3.05, 3.63) is 17.9 Å². The quantitative estimate of drug-likeness (QED) is 0.445. The highest BCUT2D eigenvalue weighted by molar-refractivity contribution is 4.94. The van der Waals surface area contributed by atoms with E-state index in [4.69, 9.17) is 0 Å². The second kappa shape index (κ2) is 5.61. The summed E-state index contributed by atoms with van der Waals surface area (Å²) in [6.45, 7) is 9.79. The van der Waals surface area contributed by atoms with Gasteiger partial charge in [-0.2, -0.15) is 0 Å². The van der Waals surface area contributed by atoms with Gasteiger partial charge in [0.1, 0.15) is 0 Å². The summed E-state index contributed by atoms with van der Waals surface area (Å²) in [6, 6.07) is 0. The third kappa shape index (κ3) is 5.35. The highest BCUT2D eigenvalue weighted by atomic mass is 14.8. The summed E-state index contributed by atoms with van der Waals surface area (Å²) in [7, 11) is 0. The van der Waals surface area contributed by atoms with E-state index < -0.39 is 0 Å². The zero-order valence-electron chi connectivity index (χ0n) is 6.33. The van der Waals surface area contributed by atoms with Gasteiger partial charge in [-0.3, -0.25) is 0 Å². The molecule has 0 aliphatic heterocycles. The van der Waals surface area contributed by atoms with Crippen molar-refractivity contribution in [2.75, 3.05) is 13.1 Å². The van der Waals surface area contributed by atoms with Crippen molar-refractivity contribution in [3.63, 3.8) is 0 Å². The van der Waals surface area contributed by atoms with E-state index >= 15 is 0 Å². The van der Waals surface area contributed by atoms with Gasteiger partial charge in [0.05, 0.1) is 0 Å². The van der Waals surface area contributed by atoms with Crippen LogP contribution >= 0.6 is 0 Å². The van der Waals surface area contributed by atoms with Crippen molar-refractivity contribution in [3.8, 4) is 0 Å². The molecule has 0 spiro atoms. The molecule has 0 radical (unpaired) electrons. The molecule has 0 aliphatic carbocycles. The minimum atomic E-state index is 1.05. The second-order valence-electron chi connectivity index (χ2n) is 2.06. The molecule has 0 amide bonds. The highest BCUT2D eigenvalue weighted by Gasteiger charge is 1.84. The van der Waals surface area contributed by atoms with Crippen LogP contribution in [-0.4, -0.2) is 13.1 Å². The number of hydrogen-bond donors (Lipinski definition) is 1. The van der Waals surface area contributed by atoms with E-state index in [1.54, 1.807) is 0 Å². The molecule has 0 aromatic heterocycles. The molecular weight excluding hydrogens is 110 g/mol. The van der Waals surface area contributed by atoms with Crippen LogP contribution in [0.2, 0.25) is 0 Å². The van der Waals surface area contributed by atoms with Crippen molar-refractivity contribution in [2.24, 2.45) is 0 Å². The lowest BCUT2D eigenvalue weighted by Crippen LogP contribution is -2.13. The SMILES string of the molecule is C=C=C(C)CCNCC. The van der Waals surface area contributed by atoms with Crippen molar-refractivity contribution < 1.29 is 0 Å². The Balaban J connectivity index is 3.17. The maximum atomic E-state index is 3.55. The molecule has 52 valence electrons. The molecule has 1 N–H and O–H groups in total. The normalized spacial score (nSPS) is 8.67. The predicted octanol–water partition coefficient (Wildman–Crippen LogP) is 1.72. The highest BCUT2D eigenvalue weighted by Crippen LogP contribution is 1.92. The number of nitrogens with one attached hydrogen (secondary N) is 1. The van der Waals surface area contributed by atoms with Gasteiger partial charge in [0, 0.05) is 0 Å². The first kappa shape index (κ1) is 8.48. The number of rotatable bonds is 4. The van der Waals surface area contributed by atoms with Gasteiger partial charge in [0.25, 0.3) is 0 Å². The molecule has 1 nitrogen and oxygen atoms in total. The van der Waals surface area contributed by atoms with Gasteiger partial charge in [-0.1, -0.05) is 13.5 Å². The van der Waals surface area contributed by atoms with Gasteiger partial charge >= 0.3 is 0 Å². The molecule has 0 atom stereocenters. The zero-order valence-corrected chi connectivity index (χ0v) is 6.33. The Hall–Kier alpha value is -0.520. The smallest absolute Gasteiger partial charge is 0.000569 e. The van der Waals surface area contributed by atoms with Gasteiger partial charge in [0.15, 0.2) is 0 Å². The summed E-state index contributed by atoms with van der Waals surface area (Å²) in [5.74, 6) is 0. The van der Waals surface area contributed by atoms with Crippen LogP contribution in [0.1, 0.15) is 20.3 Å². The molecule has 0 saturated heterocycles. The van der Waals surface area contributed by atoms with Crippen LogP contribution in [0.15, 0.2) is 17.9 Å². The molecule has 0 bridgehead atoms. The van der Waals surface area contributed by atoms with Crippen LogP contribution in [0.3, 0.4) is 0 Å². The zero-order chi connectivity index (χ0) is 7.11. The summed E-state index contributed by atoms with van der Waals surface area (Å²) in [6.07, 6.45) is 1.07. The lowest BCUT2D eigenvalue weighted by molar-refractivity contribution is 0.713. The lowest BCUT2D eigenvalue weighted by atomic mass is 10.2. The minimum absolute atomic E-state index is 1.05. The topological polar surface area (TPSA) is 12.0 Å². The van der Waals surface area contributed by atoms with E-state index in [1.807, 2.05) is 6.92 Å². The standard InChI is InChI=1S/C8H15N/c1-4-8(3)6-7-9-5-2/h9H,1,5-7H2,2-3H3. The van der Waals surface area contributed by atoms with Crippen LogP contribution in [0.5, 0.6) is 0 Å². The fourth-order valence-corrected chi connectivity index (χ4v) is 0.541. The first-order valence-electron chi connectivity index (χ1n) is 3.37. The average Bonchev–Trinajstić information content (AvgIpc) is 1.89. The fourth-order valence-electron chi connectivity index (χ4n) is 0.541. The monoisotopic (exact) mass is 125 g/mol. The van der Waals surface area contributed by atoms with E-state index in [-0.39, 0.29) is 0 Å². The summed E-state index contributed by atoms with van der Waals surface area (Å²) in [5.41, 5.74) is 4.08. The maximum Gasteiger partial charge on any atom is -0.000569 e. The first-order chi connectivity index (χ1) is 4.31. The summed E-state index contributed by atoms with van der Waals surface area (Å²) >= 11 is 0. The predicted molar refractivity (Wildman–Crippen MR) is 41.5 cm³/mol. The maximum absolute atomic E-state index is 3.55. The average molecular weight is 125 g/mol. The Morgan fingerprint density at radius 3 is 2.78 bits per heavy atom. The lowest BCUT2D eigenvalue weighted by Gasteiger charge is -1.97. The fraction of sp³-hybridized carbons (Fsp3) is 0.625. The van der Waals surface area contributed by atoms with Gasteiger partial charge < -0.3 is 5.32 Å². The van der Waals surface area contributed by atoms with Crippen LogP contribution in [0, 0.1) is 0 Å². The molecule has 0 aromatic carbocycles. The summed E-state index contributed by atoms with van der Waals surface area (Å²) in [4.78, 5) is 0. The molecule has 0 aromatic rings. The van der Waals surface area contributed by atoms with Crippen LogP contribution in [-0.2, 0) is 0 Å². The number of hydrogen-bond acceptors (Lipinski definition) is 1. The molecule has 0 rings (SSSR count). The van der Waals surface area contributed by atoms with E-state index in [0.29, 0.717) is 0 Å². The molecule has 0 saturated carbocycles. The Bertz CT molecular complexity index is 110. The van der Waals surface area contributed by atoms with E-state index in [1.165, 1.54) is 5.57 Å². The van der Waals surface area contributed by atoms with E-state index in [0.717, 1.165) is 19.5 Å². The Morgan fingerprint density at radius 2 is 2.33 bits per heavy atom. The van der Waals surface area contributed by atoms with Gasteiger partial charge in [0.2, 0.25) is 0 Å². The van der Waals surface area contributed by atoms with Crippen molar-refractivity contribution >= 4 is 0 Å². The van der Waals surface area contributed by atoms with Crippen molar-refractivity contribution in [1.82, 2.24) is 5.32 Å². The van der Waals surface area contributed by atoms with Crippen molar-refractivity contribution in [2.45, 2.75) is 20.3 Å². The van der Waals surface area contributed by atoms with Gasteiger partial charge in [-0.25, -0.2) is 0 Å². The molecule has 0 heterocycles. The summed E-state index contributed by atoms with van der Waals surface area (Å²) < 4.78 is 0. The second-order valence-corrected chi connectivity index (χ2v) is 2.06. The minimum Gasteiger partial charge on any atom is -0.317 e. The Labute approximate surface area is 57.5 Å². The van der Waals surface area contributed by atoms with Gasteiger partial charge in [-0.05, 0) is 32.0 Å². The Morgan fingerprint density at radius 1 is 1.67 bits per heavy atom. The van der Waals surface area contributed by atoms with E-state index in [9.17, 15) is 0 Å². The largest absolute Gasteiger partial charge is 0.317 e. The molecule has 1 heteroatoms. The van der Waals surface area contributed by atoms with Crippen LogP contribution in [0.25, 0.3) is 0 Å². The third-order valence-corrected chi connectivity index (χ3v) is 1.23. The Kier molecular flexibility index (Phi) is 5.29. The third-order valence-electron chi connectivity index (χ3n) is 1.23. The van der Waals surface area contributed by atoms with Crippen LogP contribution < -0.4 is 5.32 Å². The molecular formula is C8H15N. The van der Waals surface area contributed by atoms with Crippen molar-refractivity contribution in [1.29, 1.82) is 0 Å². The first-order valence-corrected chi connectivity index (χ1v) is 3.37. The van der Waals surface area contributed by atoms with E-state index in [2.05, 4.69) is 24.6 Å². The molecule has 0 unspecified atom stereocenters. The molecule has 0 fully saturated rings.